The molecule has 0 spiro atoms. The third-order valence-electron chi connectivity index (χ3n) is 2.74. The second-order valence-corrected chi connectivity index (χ2v) is 4.46. The van der Waals surface area contributed by atoms with Crippen LogP contribution in [0.1, 0.15) is 43.3 Å². The van der Waals surface area contributed by atoms with Crippen molar-refractivity contribution in [3.63, 3.8) is 0 Å². The summed E-state index contributed by atoms with van der Waals surface area (Å²) in [6.07, 6.45) is 4.12. The summed E-state index contributed by atoms with van der Waals surface area (Å²) in [7, 11) is 0. The molecule has 2 aromatic heterocycles. The Labute approximate surface area is 100 Å². The van der Waals surface area contributed by atoms with Crippen LogP contribution in [0.25, 0.3) is 0 Å². The smallest absolute Gasteiger partial charge is 0.150 e. The molecule has 3 N–H and O–H groups in total. The Hall–Kier alpha value is -1.69. The maximum atomic E-state index is 6.17. The van der Waals surface area contributed by atoms with Gasteiger partial charge in [0.05, 0.1) is 12.4 Å². The molecule has 0 aliphatic rings. The fourth-order valence-corrected chi connectivity index (χ4v) is 2.00. The van der Waals surface area contributed by atoms with Gasteiger partial charge in [0, 0.05) is 24.4 Å². The number of imidazole rings is 1. The summed E-state index contributed by atoms with van der Waals surface area (Å²) in [6.45, 7) is 6.14. The van der Waals surface area contributed by atoms with Gasteiger partial charge in [-0.3, -0.25) is 0 Å². The molecule has 0 radical (unpaired) electrons. The zero-order valence-corrected chi connectivity index (χ0v) is 10.4. The third kappa shape index (κ3) is 2.36. The molecule has 17 heavy (non-hydrogen) atoms. The summed E-state index contributed by atoms with van der Waals surface area (Å²) in [4.78, 5) is 7.02. The molecular weight excluding hydrogens is 216 g/mol. The fraction of sp³-hybridized carbons (Fsp3) is 0.545. The van der Waals surface area contributed by atoms with Crippen LogP contribution in [0, 0.1) is 6.92 Å². The minimum Gasteiger partial charge on any atom is -0.348 e. The van der Waals surface area contributed by atoms with Crippen molar-refractivity contribution in [1.82, 2.24) is 24.7 Å². The van der Waals surface area contributed by atoms with Gasteiger partial charge in [-0.05, 0) is 20.8 Å². The van der Waals surface area contributed by atoms with Gasteiger partial charge >= 0.3 is 0 Å². The molecule has 2 rings (SSSR count). The van der Waals surface area contributed by atoms with Gasteiger partial charge in [-0.2, -0.15) is 0 Å². The van der Waals surface area contributed by atoms with Gasteiger partial charge in [0.1, 0.15) is 5.82 Å². The minimum atomic E-state index is -0.168. The van der Waals surface area contributed by atoms with Crippen LogP contribution in [0.3, 0.4) is 0 Å². The molecule has 2 heterocycles. The van der Waals surface area contributed by atoms with E-state index < -0.39 is 0 Å². The van der Waals surface area contributed by atoms with E-state index in [-0.39, 0.29) is 6.04 Å². The third-order valence-corrected chi connectivity index (χ3v) is 2.74. The van der Waals surface area contributed by atoms with E-state index in [0.29, 0.717) is 12.5 Å². The standard InChI is InChI=1S/C11H18N6/c1-7(2)17-8(3)15-16-11(17)10(12)4-9-5-13-6-14-9/h5-7,10H,4,12H2,1-3H3,(H,13,14)/t10-/m0/s1. The first-order chi connectivity index (χ1) is 8.09. The topological polar surface area (TPSA) is 85.4 Å². The predicted octanol–water partition coefficient (Wildman–Crippen LogP) is 1.13. The summed E-state index contributed by atoms with van der Waals surface area (Å²) in [5.74, 6) is 1.72. The highest BCUT2D eigenvalue weighted by Crippen LogP contribution is 2.18. The molecule has 92 valence electrons. The van der Waals surface area contributed by atoms with Crippen molar-refractivity contribution in [3.8, 4) is 0 Å². The van der Waals surface area contributed by atoms with Crippen LogP contribution in [0.15, 0.2) is 12.5 Å². The quantitative estimate of drug-likeness (QED) is 0.830. The van der Waals surface area contributed by atoms with E-state index in [1.165, 1.54) is 0 Å². The number of aryl methyl sites for hydroxylation is 1. The lowest BCUT2D eigenvalue weighted by Gasteiger charge is -2.16. The van der Waals surface area contributed by atoms with E-state index in [9.17, 15) is 0 Å². The number of aromatic nitrogens is 5. The average Bonchev–Trinajstić information content (AvgIpc) is 2.86. The van der Waals surface area contributed by atoms with Gasteiger partial charge in [0.25, 0.3) is 0 Å². The number of nitrogens with zero attached hydrogens (tertiary/aromatic N) is 4. The van der Waals surface area contributed by atoms with Crippen molar-refractivity contribution in [1.29, 1.82) is 0 Å². The van der Waals surface area contributed by atoms with Crippen molar-refractivity contribution >= 4 is 0 Å². The molecular formula is C11H18N6. The number of nitrogens with one attached hydrogen (secondary N) is 1. The fourth-order valence-electron chi connectivity index (χ4n) is 2.00. The van der Waals surface area contributed by atoms with E-state index in [1.807, 2.05) is 6.92 Å². The number of hydrogen-bond acceptors (Lipinski definition) is 4. The first-order valence-electron chi connectivity index (χ1n) is 5.73. The van der Waals surface area contributed by atoms with Crippen LogP contribution in [0.5, 0.6) is 0 Å². The molecule has 0 aliphatic heterocycles. The highest BCUT2D eigenvalue weighted by Gasteiger charge is 2.18. The maximum Gasteiger partial charge on any atom is 0.150 e. The first-order valence-corrected chi connectivity index (χ1v) is 5.73. The van der Waals surface area contributed by atoms with Crippen molar-refractivity contribution in [3.05, 3.63) is 29.9 Å². The van der Waals surface area contributed by atoms with Gasteiger partial charge < -0.3 is 15.3 Å². The molecule has 0 amide bonds. The van der Waals surface area contributed by atoms with Crippen LogP contribution in [0.4, 0.5) is 0 Å². The zero-order valence-electron chi connectivity index (χ0n) is 10.4. The summed E-state index contributed by atoms with van der Waals surface area (Å²) in [6, 6.07) is 0.145. The van der Waals surface area contributed by atoms with Gasteiger partial charge in [0.2, 0.25) is 0 Å². The molecule has 0 aromatic carbocycles. The molecule has 6 heteroatoms. The van der Waals surface area contributed by atoms with Crippen LogP contribution < -0.4 is 5.73 Å². The second kappa shape index (κ2) is 4.67. The van der Waals surface area contributed by atoms with Gasteiger partial charge in [-0.15, -0.1) is 10.2 Å². The lowest BCUT2D eigenvalue weighted by atomic mass is 10.1. The monoisotopic (exact) mass is 234 g/mol. The Morgan fingerprint density at radius 1 is 1.41 bits per heavy atom. The predicted molar refractivity (Wildman–Crippen MR) is 64.4 cm³/mol. The number of aromatic amines is 1. The Kier molecular flexibility index (Phi) is 3.23. The minimum absolute atomic E-state index is 0.168. The average molecular weight is 234 g/mol. The maximum absolute atomic E-state index is 6.17. The largest absolute Gasteiger partial charge is 0.348 e. The molecule has 0 saturated carbocycles. The highest BCUT2D eigenvalue weighted by molar-refractivity contribution is 5.06. The summed E-state index contributed by atoms with van der Waals surface area (Å²) in [5, 5.41) is 8.27. The van der Waals surface area contributed by atoms with Crippen LogP contribution in [-0.2, 0) is 6.42 Å². The zero-order chi connectivity index (χ0) is 12.4. The SMILES string of the molecule is Cc1nnc([C@@H](N)Cc2cnc[nH]2)n1C(C)C. The number of rotatable bonds is 4. The van der Waals surface area contributed by atoms with E-state index in [2.05, 4.69) is 38.6 Å². The second-order valence-electron chi connectivity index (χ2n) is 4.46. The van der Waals surface area contributed by atoms with E-state index >= 15 is 0 Å². The first kappa shape index (κ1) is 11.8. The van der Waals surface area contributed by atoms with Crippen LogP contribution >= 0.6 is 0 Å². The van der Waals surface area contributed by atoms with Crippen LogP contribution in [0.2, 0.25) is 0 Å². The van der Waals surface area contributed by atoms with Gasteiger partial charge in [-0.25, -0.2) is 4.98 Å². The summed E-state index contributed by atoms with van der Waals surface area (Å²) in [5.41, 5.74) is 7.17. The van der Waals surface area contributed by atoms with Gasteiger partial charge in [0.15, 0.2) is 5.82 Å². The molecule has 1 atom stereocenters. The summed E-state index contributed by atoms with van der Waals surface area (Å²) < 4.78 is 2.07. The number of H-pyrrole nitrogens is 1. The lowest BCUT2D eigenvalue weighted by Crippen LogP contribution is -2.20. The lowest BCUT2D eigenvalue weighted by molar-refractivity contribution is 0.517. The Morgan fingerprint density at radius 3 is 2.76 bits per heavy atom. The van der Waals surface area contributed by atoms with Crippen LogP contribution in [-0.4, -0.2) is 24.7 Å². The van der Waals surface area contributed by atoms with E-state index in [0.717, 1.165) is 17.3 Å². The van der Waals surface area contributed by atoms with Crippen molar-refractivity contribution in [2.45, 2.75) is 39.3 Å². The van der Waals surface area contributed by atoms with E-state index in [4.69, 9.17) is 5.73 Å². The molecule has 0 fully saturated rings. The molecule has 6 nitrogen and oxygen atoms in total. The molecule has 0 bridgehead atoms. The summed E-state index contributed by atoms with van der Waals surface area (Å²) >= 11 is 0. The van der Waals surface area contributed by atoms with Gasteiger partial charge in [-0.1, -0.05) is 0 Å². The van der Waals surface area contributed by atoms with E-state index in [1.54, 1.807) is 12.5 Å². The molecule has 0 unspecified atom stereocenters. The van der Waals surface area contributed by atoms with Crippen molar-refractivity contribution in [2.75, 3.05) is 0 Å². The number of nitrogens with two attached hydrogens (primary N) is 1. The normalized spacial score (nSPS) is 13.2. The van der Waals surface area contributed by atoms with Crippen molar-refractivity contribution < 1.29 is 0 Å². The Balaban J connectivity index is 2.22. The molecule has 2 aromatic rings. The molecule has 0 aliphatic carbocycles. The Morgan fingerprint density at radius 2 is 2.18 bits per heavy atom. The Bertz CT molecular complexity index is 470. The number of hydrogen-bond donors (Lipinski definition) is 2. The highest BCUT2D eigenvalue weighted by atomic mass is 15.3. The molecule has 0 saturated heterocycles. The van der Waals surface area contributed by atoms with Crippen molar-refractivity contribution in [2.24, 2.45) is 5.73 Å².